The highest BCUT2D eigenvalue weighted by atomic mass is 16.8. The van der Waals surface area contributed by atoms with E-state index < -0.39 is 92.5 Å². The maximum atomic E-state index is 11.5. The number of aliphatic carboxylic acids is 1. The highest BCUT2D eigenvalue weighted by molar-refractivity contribution is 5.73. The summed E-state index contributed by atoms with van der Waals surface area (Å²) in [7, 11) is 1.11. The lowest BCUT2D eigenvalue weighted by Crippen LogP contribution is -2.65. The second-order valence-electron chi connectivity index (χ2n) is 7.69. The molecule has 3 fully saturated rings. The number of aliphatic hydroxyl groups excluding tert-OH is 7. The van der Waals surface area contributed by atoms with Crippen LogP contribution in [0.25, 0.3) is 0 Å². The van der Waals surface area contributed by atoms with Crippen LogP contribution in [-0.2, 0) is 33.2 Å². The number of carboxylic acids is 1. The summed E-state index contributed by atoms with van der Waals surface area (Å²) >= 11 is 0. The van der Waals surface area contributed by atoms with Crippen LogP contribution in [0.4, 0.5) is 0 Å². The second kappa shape index (κ2) is 10.5. The predicted octanol–water partition coefficient (Wildman–Crippen LogP) is -5.55. The Labute approximate surface area is 181 Å². The summed E-state index contributed by atoms with van der Waals surface area (Å²) in [5.41, 5.74) is 0. The van der Waals surface area contributed by atoms with Gasteiger partial charge in [-0.05, 0) is 0 Å². The minimum atomic E-state index is -1.83. The Hall–Kier alpha value is -1.05. The fraction of sp³-hybridized carbons (Fsp3) is 0.941. The molecule has 0 saturated carbocycles. The molecule has 0 aliphatic carbocycles. The molecule has 13 atom stereocenters. The molecule has 15 heteroatoms. The summed E-state index contributed by atoms with van der Waals surface area (Å²) < 4.78 is 31.1. The van der Waals surface area contributed by atoms with Crippen molar-refractivity contribution in [2.75, 3.05) is 20.3 Å². The Morgan fingerprint density at radius 3 is 1.91 bits per heavy atom. The van der Waals surface area contributed by atoms with Crippen LogP contribution in [0.15, 0.2) is 0 Å². The first-order valence-corrected chi connectivity index (χ1v) is 9.78. The van der Waals surface area contributed by atoms with Gasteiger partial charge in [0.2, 0.25) is 0 Å². The van der Waals surface area contributed by atoms with E-state index in [1.165, 1.54) is 0 Å². The fourth-order valence-electron chi connectivity index (χ4n) is 3.68. The van der Waals surface area contributed by atoms with Crippen molar-refractivity contribution in [3.05, 3.63) is 0 Å². The Balaban J connectivity index is 1.78. The monoisotopic (exact) mass is 472 g/mol. The van der Waals surface area contributed by atoms with Crippen LogP contribution in [0.3, 0.4) is 0 Å². The smallest absolute Gasteiger partial charge is 0.335 e. The van der Waals surface area contributed by atoms with Crippen molar-refractivity contribution in [2.45, 2.75) is 79.9 Å². The number of methoxy groups -OCH3 is 1. The summed E-state index contributed by atoms with van der Waals surface area (Å²) in [4.78, 5) is 11.5. The second-order valence-corrected chi connectivity index (χ2v) is 7.69. The molecule has 186 valence electrons. The normalized spacial score (nSPS) is 50.2. The number of carboxylic acid groups (broad SMARTS) is 1. The first kappa shape index (κ1) is 25.6. The summed E-state index contributed by atoms with van der Waals surface area (Å²) in [5, 5.41) is 80.0. The maximum Gasteiger partial charge on any atom is 0.335 e. The standard InChI is InChI=1S/C17H28O15/c1-27-10-8(22)9(23)16(32-13(10)14(24)25)31-12-7(21)5(19)3-29-17(12)30-11-6(20)4(18)2-28-15(11)26/h4-13,15-23,26H,2-3H2,1H3,(H,24,25)/t4-,5-,6+,7+,8-,9-,10+,11-,12-,13+,15?,16+,17+/m1/s1. The molecule has 0 amide bonds. The zero-order chi connectivity index (χ0) is 23.7. The van der Waals surface area contributed by atoms with E-state index in [1.807, 2.05) is 0 Å². The van der Waals surface area contributed by atoms with Crippen molar-refractivity contribution in [1.82, 2.24) is 0 Å². The minimum absolute atomic E-state index is 0.369. The molecule has 3 aliphatic rings. The van der Waals surface area contributed by atoms with E-state index in [4.69, 9.17) is 28.4 Å². The lowest BCUT2D eigenvalue weighted by Gasteiger charge is -2.45. The van der Waals surface area contributed by atoms with Crippen molar-refractivity contribution < 1.29 is 74.1 Å². The highest BCUT2D eigenvalue weighted by Crippen LogP contribution is 2.30. The molecule has 3 heterocycles. The van der Waals surface area contributed by atoms with E-state index in [-0.39, 0.29) is 6.61 Å². The molecule has 0 aromatic rings. The SMILES string of the molecule is CO[C@H]1[C@H](O)[C@@H](O)[C@@H](O[C@H]2[C@H](O[C@H]3C(O)OC[C@@H](O)[C@@H]3O)OC[C@@H](O)[C@@H]2O)O[C@@H]1C(=O)O. The summed E-state index contributed by atoms with van der Waals surface area (Å²) in [5.74, 6) is -1.52. The quantitative estimate of drug-likeness (QED) is 0.180. The number of aliphatic hydroxyl groups is 7. The van der Waals surface area contributed by atoms with Gasteiger partial charge >= 0.3 is 5.97 Å². The average molecular weight is 472 g/mol. The lowest BCUT2D eigenvalue weighted by atomic mass is 9.98. The minimum Gasteiger partial charge on any atom is -0.479 e. The number of rotatable bonds is 6. The zero-order valence-corrected chi connectivity index (χ0v) is 16.9. The van der Waals surface area contributed by atoms with Gasteiger partial charge in [-0.2, -0.15) is 0 Å². The van der Waals surface area contributed by atoms with E-state index >= 15 is 0 Å². The Morgan fingerprint density at radius 2 is 1.31 bits per heavy atom. The third-order valence-corrected chi connectivity index (χ3v) is 5.52. The van der Waals surface area contributed by atoms with Crippen molar-refractivity contribution >= 4 is 5.97 Å². The molecule has 0 spiro atoms. The molecule has 0 aromatic carbocycles. The maximum absolute atomic E-state index is 11.5. The van der Waals surface area contributed by atoms with E-state index in [9.17, 15) is 45.6 Å². The van der Waals surface area contributed by atoms with E-state index in [2.05, 4.69) is 0 Å². The topological polar surface area (TPSA) is 234 Å². The predicted molar refractivity (Wildman–Crippen MR) is 94.6 cm³/mol. The van der Waals surface area contributed by atoms with Gasteiger partial charge in [0.15, 0.2) is 25.0 Å². The van der Waals surface area contributed by atoms with Crippen LogP contribution >= 0.6 is 0 Å². The van der Waals surface area contributed by atoms with Crippen LogP contribution in [0.5, 0.6) is 0 Å². The van der Waals surface area contributed by atoms with Crippen molar-refractivity contribution in [3.8, 4) is 0 Å². The third-order valence-electron chi connectivity index (χ3n) is 5.52. The first-order chi connectivity index (χ1) is 15.1. The largest absolute Gasteiger partial charge is 0.479 e. The molecule has 3 saturated heterocycles. The van der Waals surface area contributed by atoms with Crippen LogP contribution < -0.4 is 0 Å². The molecule has 1 unspecified atom stereocenters. The Bertz CT molecular complexity index is 635. The average Bonchev–Trinajstić information content (AvgIpc) is 2.75. The summed E-state index contributed by atoms with van der Waals surface area (Å²) in [6, 6.07) is 0. The molecule has 32 heavy (non-hydrogen) atoms. The number of ether oxygens (including phenoxy) is 6. The van der Waals surface area contributed by atoms with Crippen molar-refractivity contribution in [2.24, 2.45) is 0 Å². The summed E-state index contributed by atoms with van der Waals surface area (Å²) in [6.45, 7) is -0.819. The van der Waals surface area contributed by atoms with Crippen molar-refractivity contribution in [1.29, 1.82) is 0 Å². The molecular formula is C17H28O15. The zero-order valence-electron chi connectivity index (χ0n) is 16.9. The summed E-state index contributed by atoms with van der Waals surface area (Å²) in [6.07, 6.45) is -21.3. The van der Waals surface area contributed by atoms with Gasteiger partial charge in [0.25, 0.3) is 0 Å². The molecule has 0 radical (unpaired) electrons. The Morgan fingerprint density at radius 1 is 0.750 bits per heavy atom. The van der Waals surface area contributed by atoms with Gasteiger partial charge in [-0.15, -0.1) is 0 Å². The molecule has 8 N–H and O–H groups in total. The fourth-order valence-corrected chi connectivity index (χ4v) is 3.68. The van der Waals surface area contributed by atoms with Gasteiger partial charge in [-0.3, -0.25) is 0 Å². The van der Waals surface area contributed by atoms with Gasteiger partial charge in [-0.1, -0.05) is 0 Å². The van der Waals surface area contributed by atoms with Gasteiger partial charge < -0.3 is 69.3 Å². The van der Waals surface area contributed by atoms with E-state index in [0.29, 0.717) is 0 Å². The van der Waals surface area contributed by atoms with Gasteiger partial charge in [0.05, 0.1) is 13.2 Å². The van der Waals surface area contributed by atoms with E-state index in [0.717, 1.165) is 7.11 Å². The molecule has 15 nitrogen and oxygen atoms in total. The van der Waals surface area contributed by atoms with Gasteiger partial charge in [-0.25, -0.2) is 4.79 Å². The van der Waals surface area contributed by atoms with Gasteiger partial charge in [0, 0.05) is 7.11 Å². The third kappa shape index (κ3) is 5.05. The highest BCUT2D eigenvalue weighted by Gasteiger charge is 2.52. The van der Waals surface area contributed by atoms with Crippen LogP contribution in [0, 0.1) is 0 Å². The molecule has 0 aromatic heterocycles. The van der Waals surface area contributed by atoms with Gasteiger partial charge in [0.1, 0.15) is 54.9 Å². The molecular weight excluding hydrogens is 444 g/mol. The number of carbonyl (C=O) groups is 1. The van der Waals surface area contributed by atoms with E-state index in [1.54, 1.807) is 0 Å². The van der Waals surface area contributed by atoms with Crippen LogP contribution in [0.2, 0.25) is 0 Å². The van der Waals surface area contributed by atoms with Crippen LogP contribution in [-0.4, -0.2) is 147 Å². The lowest BCUT2D eigenvalue weighted by molar-refractivity contribution is -0.374. The number of hydrogen-bond acceptors (Lipinski definition) is 14. The van der Waals surface area contributed by atoms with Crippen LogP contribution in [0.1, 0.15) is 0 Å². The molecule has 3 aliphatic heterocycles. The number of hydrogen-bond donors (Lipinski definition) is 8. The Kier molecular flexibility index (Phi) is 8.37. The van der Waals surface area contributed by atoms with Crippen molar-refractivity contribution in [3.63, 3.8) is 0 Å². The molecule has 3 rings (SSSR count). The molecule has 0 bridgehead atoms. The first-order valence-electron chi connectivity index (χ1n) is 9.78.